The van der Waals surface area contributed by atoms with Crippen molar-refractivity contribution in [3.63, 3.8) is 0 Å². The molecule has 4 rings (SSSR count). The SMILES string of the molecule is Cc1nc(N2CCC3(CCCC3NC(=O)O)CC2)c(Br)nc1Sc1cccc(Cl)c1Cl. The molecule has 1 saturated heterocycles. The Labute approximate surface area is 204 Å². The van der Waals surface area contributed by atoms with Gasteiger partial charge in [-0.05, 0) is 66.1 Å². The van der Waals surface area contributed by atoms with Crippen LogP contribution in [-0.4, -0.2) is 40.3 Å². The van der Waals surface area contributed by atoms with Crippen LogP contribution < -0.4 is 10.2 Å². The maximum absolute atomic E-state index is 11.2. The first-order chi connectivity index (χ1) is 14.8. The summed E-state index contributed by atoms with van der Waals surface area (Å²) in [4.78, 5) is 23.8. The second kappa shape index (κ2) is 9.33. The zero-order valence-electron chi connectivity index (χ0n) is 17.0. The van der Waals surface area contributed by atoms with E-state index in [1.54, 1.807) is 6.07 Å². The fraction of sp³-hybridized carbons (Fsp3) is 0.476. The highest BCUT2D eigenvalue weighted by Crippen LogP contribution is 2.47. The molecule has 2 aliphatic rings. The molecule has 2 heterocycles. The van der Waals surface area contributed by atoms with Crippen LogP contribution in [0.15, 0.2) is 32.7 Å². The highest BCUT2D eigenvalue weighted by molar-refractivity contribution is 9.10. The van der Waals surface area contributed by atoms with E-state index in [-0.39, 0.29) is 11.5 Å². The fourth-order valence-corrected chi connectivity index (χ4v) is 6.70. The van der Waals surface area contributed by atoms with Crippen LogP contribution in [0, 0.1) is 12.3 Å². The van der Waals surface area contributed by atoms with Crippen LogP contribution in [0.25, 0.3) is 0 Å². The fourth-order valence-electron chi connectivity index (χ4n) is 4.71. The summed E-state index contributed by atoms with van der Waals surface area (Å²) in [5.74, 6) is 0.828. The Hall–Kier alpha value is -1.22. The molecule has 31 heavy (non-hydrogen) atoms. The standard InChI is InChI=1S/C21H23BrCl2N4O2S/c1-12-19(31-14-5-2-4-13(23)16(14)24)27-17(22)18(25-12)28-10-8-21(9-11-28)7-3-6-15(21)26-20(29)30/h2,4-5,15,26H,3,6-11H2,1H3,(H,29,30). The van der Waals surface area contributed by atoms with Crippen molar-refractivity contribution in [3.05, 3.63) is 38.5 Å². The van der Waals surface area contributed by atoms with Gasteiger partial charge in [0.2, 0.25) is 0 Å². The smallest absolute Gasteiger partial charge is 0.404 e. The van der Waals surface area contributed by atoms with Crippen molar-refractivity contribution in [2.75, 3.05) is 18.0 Å². The van der Waals surface area contributed by atoms with Crippen LogP contribution in [0.2, 0.25) is 10.0 Å². The molecule has 1 amide bonds. The monoisotopic (exact) mass is 544 g/mol. The van der Waals surface area contributed by atoms with E-state index in [2.05, 4.69) is 26.1 Å². The van der Waals surface area contributed by atoms with Crippen LogP contribution in [0.1, 0.15) is 37.8 Å². The Morgan fingerprint density at radius 3 is 2.74 bits per heavy atom. The lowest BCUT2D eigenvalue weighted by Gasteiger charge is -2.43. The quantitative estimate of drug-likeness (QED) is 0.462. The molecule has 10 heteroatoms. The van der Waals surface area contributed by atoms with Gasteiger partial charge in [0.25, 0.3) is 0 Å². The van der Waals surface area contributed by atoms with E-state index in [4.69, 9.17) is 33.2 Å². The number of benzene rings is 1. The Kier molecular flexibility index (Phi) is 6.91. The topological polar surface area (TPSA) is 78.4 Å². The number of amides is 1. The van der Waals surface area contributed by atoms with Gasteiger partial charge in [0, 0.05) is 24.0 Å². The van der Waals surface area contributed by atoms with E-state index in [0.29, 0.717) is 14.6 Å². The number of piperidine rings is 1. The van der Waals surface area contributed by atoms with Crippen molar-refractivity contribution < 1.29 is 9.90 Å². The molecule has 1 atom stereocenters. The number of aryl methyl sites for hydroxylation is 1. The molecular weight excluding hydrogens is 523 g/mol. The second-order valence-corrected chi connectivity index (χ2v) is 10.7. The molecule has 2 aromatic rings. The van der Waals surface area contributed by atoms with Gasteiger partial charge in [-0.15, -0.1) is 0 Å². The molecular formula is C21H23BrCl2N4O2S. The van der Waals surface area contributed by atoms with Crippen LogP contribution >= 0.6 is 50.9 Å². The van der Waals surface area contributed by atoms with Gasteiger partial charge >= 0.3 is 6.09 Å². The molecule has 1 aromatic heterocycles. The number of anilines is 1. The van der Waals surface area contributed by atoms with Gasteiger partial charge in [0.05, 0.1) is 15.7 Å². The average Bonchev–Trinajstić information content (AvgIpc) is 3.09. The molecule has 1 saturated carbocycles. The number of aromatic nitrogens is 2. The molecule has 0 bridgehead atoms. The van der Waals surface area contributed by atoms with Gasteiger partial charge in [-0.1, -0.05) is 47.5 Å². The third-order valence-electron chi connectivity index (χ3n) is 6.35. The van der Waals surface area contributed by atoms with Crippen molar-refractivity contribution in [3.8, 4) is 0 Å². The van der Waals surface area contributed by atoms with Crippen molar-refractivity contribution >= 4 is 62.8 Å². The van der Waals surface area contributed by atoms with E-state index < -0.39 is 6.09 Å². The molecule has 1 unspecified atom stereocenters. The minimum atomic E-state index is -0.925. The number of halogens is 3. The van der Waals surface area contributed by atoms with Gasteiger partial charge in [0.1, 0.15) is 9.63 Å². The number of nitrogens with one attached hydrogen (secondary N) is 1. The van der Waals surface area contributed by atoms with E-state index in [0.717, 1.165) is 66.6 Å². The number of nitrogens with zero attached hydrogens (tertiary/aromatic N) is 3. The summed E-state index contributed by atoms with van der Waals surface area (Å²) in [7, 11) is 0. The summed E-state index contributed by atoms with van der Waals surface area (Å²) in [6, 6.07) is 5.58. The second-order valence-electron chi connectivity index (χ2n) is 8.13. The van der Waals surface area contributed by atoms with Crippen molar-refractivity contribution in [2.24, 2.45) is 5.41 Å². The number of hydrogen-bond acceptors (Lipinski definition) is 5. The zero-order valence-corrected chi connectivity index (χ0v) is 20.9. The highest BCUT2D eigenvalue weighted by atomic mass is 79.9. The van der Waals surface area contributed by atoms with Gasteiger partial charge in [-0.3, -0.25) is 0 Å². The van der Waals surface area contributed by atoms with Crippen molar-refractivity contribution in [2.45, 2.75) is 55.0 Å². The number of carbonyl (C=O) groups is 1. The first kappa shape index (κ1) is 23.0. The maximum atomic E-state index is 11.2. The lowest BCUT2D eigenvalue weighted by Crippen LogP contribution is -2.50. The first-order valence-corrected chi connectivity index (χ1v) is 12.6. The van der Waals surface area contributed by atoms with Crippen LogP contribution in [0.3, 0.4) is 0 Å². The maximum Gasteiger partial charge on any atom is 0.404 e. The minimum Gasteiger partial charge on any atom is -0.465 e. The Morgan fingerprint density at radius 1 is 1.29 bits per heavy atom. The van der Waals surface area contributed by atoms with Gasteiger partial charge in [-0.2, -0.15) is 0 Å². The molecule has 6 nitrogen and oxygen atoms in total. The number of rotatable bonds is 4. The van der Waals surface area contributed by atoms with Gasteiger partial charge < -0.3 is 15.3 Å². The van der Waals surface area contributed by atoms with Crippen LogP contribution in [0.4, 0.5) is 10.6 Å². The summed E-state index contributed by atoms with van der Waals surface area (Å²) >= 11 is 17.5. The predicted molar refractivity (Wildman–Crippen MR) is 128 cm³/mol. The van der Waals surface area contributed by atoms with Crippen molar-refractivity contribution in [1.82, 2.24) is 15.3 Å². The van der Waals surface area contributed by atoms with Crippen LogP contribution in [0.5, 0.6) is 0 Å². The normalized spacial score (nSPS) is 20.3. The summed E-state index contributed by atoms with van der Waals surface area (Å²) in [6.45, 7) is 3.60. The summed E-state index contributed by atoms with van der Waals surface area (Å²) in [6.07, 6.45) is 4.04. The zero-order chi connectivity index (χ0) is 22.2. The average molecular weight is 546 g/mol. The number of carboxylic acid groups (broad SMARTS) is 1. The van der Waals surface area contributed by atoms with E-state index in [1.165, 1.54) is 11.8 Å². The summed E-state index contributed by atoms with van der Waals surface area (Å²) in [5, 5.41) is 13.7. The van der Waals surface area contributed by atoms with Crippen LogP contribution in [-0.2, 0) is 0 Å². The molecule has 2 fully saturated rings. The predicted octanol–water partition coefficient (Wildman–Crippen LogP) is 6.41. The highest BCUT2D eigenvalue weighted by Gasteiger charge is 2.45. The molecule has 166 valence electrons. The molecule has 1 aliphatic carbocycles. The summed E-state index contributed by atoms with van der Waals surface area (Å²) < 4.78 is 0.696. The molecule has 2 N–H and O–H groups in total. The molecule has 0 radical (unpaired) electrons. The molecule has 1 spiro atoms. The largest absolute Gasteiger partial charge is 0.465 e. The lowest BCUT2D eigenvalue weighted by atomic mass is 9.74. The third-order valence-corrected chi connectivity index (χ3v) is 8.96. The van der Waals surface area contributed by atoms with E-state index >= 15 is 0 Å². The van der Waals surface area contributed by atoms with Gasteiger partial charge in [0.15, 0.2) is 5.82 Å². The minimum absolute atomic E-state index is 0.0460. The Morgan fingerprint density at radius 2 is 2.03 bits per heavy atom. The van der Waals surface area contributed by atoms with Gasteiger partial charge in [-0.25, -0.2) is 14.8 Å². The Balaban J connectivity index is 1.49. The number of hydrogen-bond donors (Lipinski definition) is 2. The van der Waals surface area contributed by atoms with Crippen molar-refractivity contribution in [1.29, 1.82) is 0 Å². The third kappa shape index (κ3) is 4.77. The molecule has 1 aromatic carbocycles. The van der Waals surface area contributed by atoms with E-state index in [1.807, 2.05) is 19.1 Å². The summed E-state index contributed by atoms with van der Waals surface area (Å²) in [5.41, 5.74) is 0.883. The molecule has 1 aliphatic heterocycles. The van der Waals surface area contributed by atoms with E-state index in [9.17, 15) is 9.90 Å². The lowest BCUT2D eigenvalue weighted by molar-refractivity contribution is 0.149. The first-order valence-electron chi connectivity index (χ1n) is 10.2. The Bertz CT molecular complexity index is 1000.